The zero-order valence-electron chi connectivity index (χ0n) is 22.0. The summed E-state index contributed by atoms with van der Waals surface area (Å²) in [6, 6.07) is 0. The number of hydrogen-bond donors (Lipinski definition) is 0. The Balaban J connectivity index is 1.68. The molecular weight excluding hydrogens is 392 g/mol. The van der Waals surface area contributed by atoms with Crippen LogP contribution in [0.2, 0.25) is 0 Å². The van der Waals surface area contributed by atoms with Gasteiger partial charge < -0.3 is 0 Å². The number of ketones is 2. The maximum atomic E-state index is 13.1. The molecule has 2 heteroatoms. The van der Waals surface area contributed by atoms with Crippen molar-refractivity contribution in [1.29, 1.82) is 0 Å². The Morgan fingerprint density at radius 3 is 2.31 bits per heavy atom. The third-order valence-electron chi connectivity index (χ3n) is 11.4. The fraction of sp³-hybridized carbons (Fsp3) is 0.800. The minimum atomic E-state index is -0.197. The van der Waals surface area contributed by atoms with Gasteiger partial charge in [0.05, 0.1) is 0 Å². The lowest BCUT2D eigenvalue weighted by Crippen LogP contribution is -2.54. The van der Waals surface area contributed by atoms with E-state index in [9.17, 15) is 9.59 Å². The molecule has 2 fully saturated rings. The van der Waals surface area contributed by atoms with Gasteiger partial charge in [0.1, 0.15) is 11.6 Å². The van der Waals surface area contributed by atoms with E-state index < -0.39 is 0 Å². The summed E-state index contributed by atoms with van der Waals surface area (Å²) in [6.45, 7) is 18.3. The van der Waals surface area contributed by atoms with Crippen LogP contribution in [0.5, 0.6) is 0 Å². The van der Waals surface area contributed by atoms with Crippen molar-refractivity contribution >= 4 is 11.6 Å². The number of carbonyl (C=O) groups is 2. The number of hydrogen-bond acceptors (Lipinski definition) is 2. The minimum Gasteiger partial charge on any atom is -0.299 e. The number of carbonyl (C=O) groups excluding carboxylic acids is 2. The first-order valence-electron chi connectivity index (χ1n) is 13.2. The molecule has 4 rings (SSSR count). The second-order valence-corrected chi connectivity index (χ2v) is 13.2. The number of allylic oxidation sites excluding steroid dienone is 4. The molecular formula is C30H46O2. The molecule has 0 aromatic heterocycles. The maximum absolute atomic E-state index is 13.1. The van der Waals surface area contributed by atoms with E-state index in [4.69, 9.17) is 0 Å². The van der Waals surface area contributed by atoms with Gasteiger partial charge in [0.2, 0.25) is 0 Å². The van der Waals surface area contributed by atoms with Gasteiger partial charge in [-0.2, -0.15) is 0 Å². The van der Waals surface area contributed by atoms with Gasteiger partial charge in [0, 0.05) is 24.2 Å². The van der Waals surface area contributed by atoms with Crippen LogP contribution in [0, 0.1) is 39.4 Å². The van der Waals surface area contributed by atoms with E-state index in [1.807, 2.05) is 0 Å². The van der Waals surface area contributed by atoms with Crippen molar-refractivity contribution in [3.05, 3.63) is 22.8 Å². The first kappa shape index (κ1) is 24.0. The number of Topliss-reactive ketones (excluding diaryl/α,β-unsaturated/α-hetero) is 2. The van der Waals surface area contributed by atoms with Crippen molar-refractivity contribution in [2.75, 3.05) is 0 Å². The summed E-state index contributed by atoms with van der Waals surface area (Å²) in [5.74, 6) is 1.99. The molecule has 4 aliphatic carbocycles. The van der Waals surface area contributed by atoms with Crippen LogP contribution in [0.25, 0.3) is 0 Å². The molecule has 0 aromatic rings. The molecule has 0 amide bonds. The Labute approximate surface area is 196 Å². The first-order valence-corrected chi connectivity index (χ1v) is 13.2. The van der Waals surface area contributed by atoms with Gasteiger partial charge in [-0.3, -0.25) is 9.59 Å². The van der Waals surface area contributed by atoms with E-state index in [0.29, 0.717) is 29.8 Å². The van der Waals surface area contributed by atoms with Crippen molar-refractivity contribution < 1.29 is 9.59 Å². The van der Waals surface area contributed by atoms with Crippen LogP contribution in [-0.4, -0.2) is 11.6 Å². The zero-order valence-corrected chi connectivity index (χ0v) is 22.0. The lowest BCUT2D eigenvalue weighted by Gasteiger charge is -2.60. The lowest BCUT2D eigenvalue weighted by atomic mass is 9.43. The summed E-state index contributed by atoms with van der Waals surface area (Å²) in [7, 11) is 0. The van der Waals surface area contributed by atoms with Crippen LogP contribution >= 0.6 is 0 Å². The van der Waals surface area contributed by atoms with E-state index >= 15 is 0 Å². The van der Waals surface area contributed by atoms with Gasteiger partial charge in [-0.05, 0) is 86.9 Å². The fourth-order valence-corrected chi connectivity index (χ4v) is 9.05. The Hall–Kier alpha value is -1.18. The molecule has 4 aliphatic rings. The van der Waals surface area contributed by atoms with Crippen molar-refractivity contribution in [2.45, 2.75) is 113 Å². The molecule has 0 bridgehead atoms. The molecule has 0 aliphatic heterocycles. The lowest BCUT2D eigenvalue weighted by molar-refractivity contribution is -0.139. The second kappa shape index (κ2) is 7.67. The predicted octanol–water partition coefficient (Wildman–Crippen LogP) is 7.87. The molecule has 0 aromatic carbocycles. The zero-order chi connectivity index (χ0) is 23.7. The molecule has 2 nitrogen and oxygen atoms in total. The van der Waals surface area contributed by atoms with Crippen molar-refractivity contribution in [1.82, 2.24) is 0 Å². The molecule has 178 valence electrons. The van der Waals surface area contributed by atoms with E-state index in [1.54, 1.807) is 11.1 Å². The van der Waals surface area contributed by atoms with Gasteiger partial charge in [-0.15, -0.1) is 0 Å². The summed E-state index contributed by atoms with van der Waals surface area (Å²) in [6.07, 6.45) is 11.5. The summed E-state index contributed by atoms with van der Waals surface area (Å²) in [5, 5.41) is 0. The predicted molar refractivity (Wildman–Crippen MR) is 132 cm³/mol. The number of rotatable bonds is 4. The Bertz CT molecular complexity index is 885. The average Bonchev–Trinajstić information content (AvgIpc) is 3.00. The SMILES string of the molecule is CC(C)=CCC(=O)C(C)C1CCC2(C)C3=C(CCC12C)C1(C)CCC(=O)C(C)(C)C1CC3. The Kier molecular flexibility index (Phi) is 5.74. The molecule has 32 heavy (non-hydrogen) atoms. The van der Waals surface area contributed by atoms with Crippen LogP contribution in [0.1, 0.15) is 113 Å². The van der Waals surface area contributed by atoms with Crippen LogP contribution < -0.4 is 0 Å². The van der Waals surface area contributed by atoms with Gasteiger partial charge in [0.15, 0.2) is 0 Å². The minimum absolute atomic E-state index is 0.137. The molecule has 0 heterocycles. The van der Waals surface area contributed by atoms with E-state index in [-0.39, 0.29) is 27.6 Å². The van der Waals surface area contributed by atoms with E-state index in [2.05, 4.69) is 61.5 Å². The smallest absolute Gasteiger partial charge is 0.139 e. The quantitative estimate of drug-likeness (QED) is 0.418. The fourth-order valence-electron chi connectivity index (χ4n) is 9.05. The van der Waals surface area contributed by atoms with Crippen LogP contribution in [0.4, 0.5) is 0 Å². The molecule has 0 spiro atoms. The van der Waals surface area contributed by atoms with E-state index in [0.717, 1.165) is 25.7 Å². The highest BCUT2D eigenvalue weighted by Crippen LogP contribution is 2.72. The molecule has 6 unspecified atom stereocenters. The van der Waals surface area contributed by atoms with Crippen molar-refractivity contribution in [2.24, 2.45) is 39.4 Å². The van der Waals surface area contributed by atoms with Crippen molar-refractivity contribution in [3.8, 4) is 0 Å². The standard InChI is InChI=1S/C30H46O2/c1-19(2)9-11-24(31)20(3)21-13-17-30(8)23-10-12-25-27(4,5)26(32)15-16-28(25,6)22(23)14-18-29(21,30)7/h9,20-21,25H,10-18H2,1-8H3. The molecule has 2 saturated carbocycles. The largest absolute Gasteiger partial charge is 0.299 e. The van der Waals surface area contributed by atoms with Gasteiger partial charge in [0.25, 0.3) is 0 Å². The highest BCUT2D eigenvalue weighted by Gasteiger charge is 2.63. The normalized spacial score (nSPS) is 41.4. The monoisotopic (exact) mass is 438 g/mol. The molecule has 0 saturated heterocycles. The van der Waals surface area contributed by atoms with Gasteiger partial charge in [-0.1, -0.05) is 64.3 Å². The van der Waals surface area contributed by atoms with Gasteiger partial charge >= 0.3 is 0 Å². The maximum Gasteiger partial charge on any atom is 0.139 e. The van der Waals surface area contributed by atoms with Crippen LogP contribution in [-0.2, 0) is 9.59 Å². The molecule has 0 N–H and O–H groups in total. The van der Waals surface area contributed by atoms with Crippen LogP contribution in [0.15, 0.2) is 22.8 Å². The summed E-state index contributed by atoms with van der Waals surface area (Å²) in [4.78, 5) is 25.9. The summed E-state index contributed by atoms with van der Waals surface area (Å²) < 4.78 is 0. The van der Waals surface area contributed by atoms with E-state index in [1.165, 1.54) is 31.3 Å². The molecule has 0 radical (unpaired) electrons. The Morgan fingerprint density at radius 1 is 0.969 bits per heavy atom. The van der Waals surface area contributed by atoms with Crippen LogP contribution in [0.3, 0.4) is 0 Å². The average molecular weight is 439 g/mol. The molecule has 6 atom stereocenters. The highest BCUT2D eigenvalue weighted by molar-refractivity contribution is 5.86. The third-order valence-corrected chi connectivity index (χ3v) is 11.4. The summed E-state index contributed by atoms with van der Waals surface area (Å²) >= 11 is 0. The third kappa shape index (κ3) is 3.17. The topological polar surface area (TPSA) is 34.1 Å². The summed E-state index contributed by atoms with van der Waals surface area (Å²) in [5.41, 5.74) is 5.08. The Morgan fingerprint density at radius 2 is 1.66 bits per heavy atom. The first-order chi connectivity index (χ1) is 14.8. The van der Waals surface area contributed by atoms with Gasteiger partial charge in [-0.25, -0.2) is 0 Å². The highest BCUT2D eigenvalue weighted by atomic mass is 16.1. The second-order valence-electron chi connectivity index (χ2n) is 13.2. The van der Waals surface area contributed by atoms with Crippen molar-refractivity contribution in [3.63, 3.8) is 0 Å². The number of fused-ring (bicyclic) bond motifs is 4.